The lowest BCUT2D eigenvalue weighted by molar-refractivity contribution is 0.260. The molecule has 0 amide bonds. The molecule has 28 heavy (non-hydrogen) atoms. The van der Waals surface area contributed by atoms with Crippen molar-refractivity contribution in [3.63, 3.8) is 0 Å². The van der Waals surface area contributed by atoms with Crippen LogP contribution in [0.25, 0.3) is 0 Å². The van der Waals surface area contributed by atoms with E-state index in [2.05, 4.69) is 18.3 Å². The molecule has 0 radical (unpaired) electrons. The van der Waals surface area contributed by atoms with Gasteiger partial charge in [0.15, 0.2) is 5.11 Å². The number of hydrogen-bond donors (Lipinski definition) is 1. The van der Waals surface area contributed by atoms with E-state index in [9.17, 15) is 4.57 Å². The zero-order valence-corrected chi connectivity index (χ0v) is 19.0. The fourth-order valence-corrected chi connectivity index (χ4v) is 4.28. The number of thiocarbonyl (C=S) groups is 1. The van der Waals surface area contributed by atoms with Gasteiger partial charge in [0, 0.05) is 31.5 Å². The van der Waals surface area contributed by atoms with Crippen LogP contribution in [0.15, 0.2) is 42.5 Å². The molecule has 0 fully saturated rings. The molecule has 0 aliphatic heterocycles. The van der Waals surface area contributed by atoms with Crippen molar-refractivity contribution in [3.05, 3.63) is 64.2 Å². The van der Waals surface area contributed by atoms with E-state index in [0.29, 0.717) is 16.7 Å². The van der Waals surface area contributed by atoms with Gasteiger partial charge in [-0.2, -0.15) is 0 Å². The first-order valence-corrected chi connectivity index (χ1v) is 11.4. The number of hydrogen-bond acceptors (Lipinski definition) is 4. The summed E-state index contributed by atoms with van der Waals surface area (Å²) in [6.07, 6.45) is 0.903. The van der Waals surface area contributed by atoms with Crippen molar-refractivity contribution >= 4 is 42.2 Å². The van der Waals surface area contributed by atoms with E-state index < -0.39 is 7.60 Å². The number of aryl methyl sites for hydroxylation is 2. The van der Waals surface area contributed by atoms with Crippen molar-refractivity contribution in [2.75, 3.05) is 25.8 Å². The summed E-state index contributed by atoms with van der Waals surface area (Å²) in [6.45, 7) is 4.56. The number of anilines is 1. The number of para-hydroxylation sites is 1. The van der Waals surface area contributed by atoms with Crippen LogP contribution in [0.1, 0.15) is 23.6 Å². The summed E-state index contributed by atoms with van der Waals surface area (Å²) in [5, 5.41) is 4.44. The van der Waals surface area contributed by atoms with Crippen molar-refractivity contribution in [3.8, 4) is 0 Å². The average Bonchev–Trinajstić information content (AvgIpc) is 2.70. The molecule has 8 heteroatoms. The third kappa shape index (κ3) is 6.03. The fourth-order valence-electron chi connectivity index (χ4n) is 2.78. The Morgan fingerprint density at radius 1 is 1.18 bits per heavy atom. The van der Waals surface area contributed by atoms with Gasteiger partial charge in [-0.05, 0) is 54.4 Å². The van der Waals surface area contributed by atoms with Crippen molar-refractivity contribution in [1.29, 1.82) is 0 Å². The summed E-state index contributed by atoms with van der Waals surface area (Å²) >= 11 is 11.7. The minimum atomic E-state index is -3.30. The smallest absolute Gasteiger partial charge is 0.333 e. The second-order valence-corrected chi connectivity index (χ2v) is 9.39. The van der Waals surface area contributed by atoms with Crippen LogP contribution in [-0.4, -0.2) is 30.5 Å². The summed E-state index contributed by atoms with van der Waals surface area (Å²) in [5.74, 6) is 0. The molecule has 2 aromatic carbocycles. The lowest BCUT2D eigenvalue weighted by atomic mass is 10.1. The number of halogens is 1. The Morgan fingerprint density at radius 3 is 2.39 bits per heavy atom. The third-order valence-corrected chi connectivity index (χ3v) is 6.86. The van der Waals surface area contributed by atoms with Crippen LogP contribution in [0.3, 0.4) is 0 Å². The lowest BCUT2D eigenvalue weighted by Gasteiger charge is -2.29. The van der Waals surface area contributed by atoms with Gasteiger partial charge in [-0.25, -0.2) is 0 Å². The lowest BCUT2D eigenvalue weighted by Crippen LogP contribution is -2.35. The minimum absolute atomic E-state index is 0.0296. The van der Waals surface area contributed by atoms with Crippen molar-refractivity contribution in [2.45, 2.75) is 26.8 Å². The molecule has 152 valence electrons. The zero-order valence-electron chi connectivity index (χ0n) is 16.6. The monoisotopic (exact) mass is 440 g/mol. The molecule has 0 bridgehead atoms. The topological polar surface area (TPSA) is 50.8 Å². The van der Waals surface area contributed by atoms with E-state index in [-0.39, 0.29) is 6.29 Å². The Hall–Kier alpha value is -1.43. The molecular formula is C20H26ClN2O3PS. The predicted molar refractivity (Wildman–Crippen MR) is 120 cm³/mol. The maximum Gasteiger partial charge on any atom is 0.349 e. The van der Waals surface area contributed by atoms with Crippen molar-refractivity contribution in [1.82, 2.24) is 4.90 Å². The number of rotatable bonds is 8. The molecule has 2 aromatic rings. The Kier molecular flexibility index (Phi) is 8.47. The highest BCUT2D eigenvalue weighted by Crippen LogP contribution is 2.47. The van der Waals surface area contributed by atoms with Gasteiger partial charge in [-0.15, -0.1) is 0 Å². The molecule has 5 nitrogen and oxygen atoms in total. The first-order chi connectivity index (χ1) is 13.3. The van der Waals surface area contributed by atoms with Gasteiger partial charge >= 0.3 is 7.60 Å². The van der Waals surface area contributed by atoms with Gasteiger partial charge in [0.25, 0.3) is 0 Å². The van der Waals surface area contributed by atoms with Gasteiger partial charge in [-0.1, -0.05) is 48.9 Å². The maximum atomic E-state index is 12.8. The summed E-state index contributed by atoms with van der Waals surface area (Å²) < 4.78 is 23.0. The normalized spacial score (nSPS) is 11.3. The highest BCUT2D eigenvalue weighted by atomic mass is 35.5. The summed E-state index contributed by atoms with van der Waals surface area (Å²) in [6, 6.07) is 13.6. The Labute approximate surface area is 177 Å². The molecule has 0 aliphatic rings. The maximum absolute atomic E-state index is 12.8. The third-order valence-electron chi connectivity index (χ3n) is 4.45. The molecule has 0 unspecified atom stereocenters. The van der Waals surface area contributed by atoms with Gasteiger partial charge in [0.1, 0.15) is 6.29 Å². The van der Waals surface area contributed by atoms with Crippen LogP contribution in [0, 0.1) is 6.92 Å². The van der Waals surface area contributed by atoms with Gasteiger partial charge in [0.05, 0.1) is 0 Å². The predicted octanol–water partition coefficient (Wildman–Crippen LogP) is 5.85. The number of nitrogens with zero attached hydrogens (tertiary/aromatic N) is 1. The molecule has 0 saturated carbocycles. The molecule has 1 N–H and O–H groups in total. The first-order valence-electron chi connectivity index (χ1n) is 8.91. The fraction of sp³-hybridized carbons (Fsp3) is 0.350. The molecule has 0 aromatic heterocycles. The van der Waals surface area contributed by atoms with Crippen molar-refractivity contribution in [2.24, 2.45) is 0 Å². The summed E-state index contributed by atoms with van der Waals surface area (Å²) in [7, 11) is -0.555. The van der Waals surface area contributed by atoms with Crippen molar-refractivity contribution < 1.29 is 13.6 Å². The molecule has 0 aliphatic carbocycles. The molecule has 0 spiro atoms. The van der Waals surface area contributed by atoms with Crippen LogP contribution in [0.2, 0.25) is 5.02 Å². The second-order valence-electron chi connectivity index (χ2n) is 6.33. The van der Waals surface area contributed by atoms with E-state index >= 15 is 0 Å². The zero-order chi connectivity index (χ0) is 20.7. The highest BCUT2D eigenvalue weighted by Gasteiger charge is 2.27. The SMILES string of the molecule is CCc1cccc(C)c1NC(=S)N(Cc1ccc(Cl)cc1)CP(=O)(OC)OC. The van der Waals surface area contributed by atoms with E-state index in [1.165, 1.54) is 14.2 Å². The second kappa shape index (κ2) is 10.4. The summed E-state index contributed by atoms with van der Waals surface area (Å²) in [4.78, 5) is 1.79. The minimum Gasteiger partial charge on any atom is -0.333 e. The molecule has 0 saturated heterocycles. The Bertz CT molecular complexity index is 853. The quantitative estimate of drug-likeness (QED) is 0.410. The first kappa shape index (κ1) is 22.9. The number of nitrogens with one attached hydrogen (secondary N) is 1. The van der Waals surface area contributed by atoms with E-state index in [0.717, 1.165) is 28.8 Å². The highest BCUT2D eigenvalue weighted by molar-refractivity contribution is 7.80. The molecule has 2 rings (SSSR count). The van der Waals surface area contributed by atoms with E-state index in [1.807, 2.05) is 43.3 Å². The van der Waals surface area contributed by atoms with Crippen LogP contribution in [0.5, 0.6) is 0 Å². The molecular weight excluding hydrogens is 415 g/mol. The van der Waals surface area contributed by atoms with Gasteiger partial charge in [-0.3, -0.25) is 4.57 Å². The molecule has 0 atom stereocenters. The van der Waals surface area contributed by atoms with E-state index in [4.69, 9.17) is 32.9 Å². The largest absolute Gasteiger partial charge is 0.349 e. The Morgan fingerprint density at radius 2 is 1.82 bits per heavy atom. The van der Waals surface area contributed by atoms with Crippen LogP contribution < -0.4 is 5.32 Å². The van der Waals surface area contributed by atoms with Crippen LogP contribution in [0.4, 0.5) is 5.69 Å². The van der Waals surface area contributed by atoms with Crippen LogP contribution >= 0.6 is 31.4 Å². The van der Waals surface area contributed by atoms with E-state index in [1.54, 1.807) is 4.90 Å². The standard InChI is InChI=1S/C20H26ClN2O3PS/c1-5-17-8-6-7-15(2)19(17)22-20(28)23(14-27(24,25-3)26-4)13-16-9-11-18(21)12-10-16/h6-12H,5,13-14H2,1-4H3,(H,22,28). The van der Waals surface area contributed by atoms with Gasteiger partial charge in [0.2, 0.25) is 0 Å². The number of benzene rings is 2. The summed E-state index contributed by atoms with van der Waals surface area (Å²) in [5.41, 5.74) is 4.21. The molecule has 0 heterocycles. The van der Waals surface area contributed by atoms with Gasteiger partial charge < -0.3 is 19.3 Å². The van der Waals surface area contributed by atoms with Crippen LogP contribution in [-0.2, 0) is 26.6 Å². The average molecular weight is 441 g/mol. The Balaban J connectivity index is 2.30.